The van der Waals surface area contributed by atoms with Crippen molar-refractivity contribution in [2.24, 2.45) is 7.05 Å². The quantitative estimate of drug-likeness (QED) is 0.693. The molecule has 3 aromatic rings. The van der Waals surface area contributed by atoms with Gasteiger partial charge in [0.25, 0.3) is 0 Å². The van der Waals surface area contributed by atoms with Gasteiger partial charge in [-0.3, -0.25) is 4.98 Å². The topological polar surface area (TPSA) is 30.7 Å². The van der Waals surface area contributed by atoms with E-state index >= 15 is 0 Å². The second kappa shape index (κ2) is 5.13. The number of aryl methyl sites for hydroxylation is 1. The van der Waals surface area contributed by atoms with E-state index in [1.807, 2.05) is 18.3 Å². The van der Waals surface area contributed by atoms with E-state index in [4.69, 9.17) is 4.98 Å². The minimum atomic E-state index is 0.728. The van der Waals surface area contributed by atoms with Crippen LogP contribution in [0, 0.1) is 0 Å². The van der Waals surface area contributed by atoms with Gasteiger partial charge in [-0.05, 0) is 11.6 Å². The number of halogens is 1. The largest absolute Gasteiger partial charge is 0.331 e. The molecule has 3 rings (SSSR count). The summed E-state index contributed by atoms with van der Waals surface area (Å²) >= 11 is 3.47. The van der Waals surface area contributed by atoms with Crippen molar-refractivity contribution >= 4 is 27.0 Å². The molecule has 0 unspecified atom stereocenters. The van der Waals surface area contributed by atoms with Crippen LogP contribution in [0.15, 0.2) is 42.6 Å². The average molecular weight is 316 g/mol. The fourth-order valence-electron chi connectivity index (χ4n) is 2.26. The molecule has 96 valence electrons. The first kappa shape index (κ1) is 12.4. The van der Waals surface area contributed by atoms with Crippen molar-refractivity contribution in [2.75, 3.05) is 0 Å². The van der Waals surface area contributed by atoms with E-state index in [2.05, 4.69) is 56.8 Å². The Bertz CT molecular complexity index is 704. The van der Waals surface area contributed by atoms with Crippen LogP contribution in [0.1, 0.15) is 17.1 Å². The number of rotatable bonds is 3. The maximum absolute atomic E-state index is 4.75. The smallest absolute Gasteiger partial charge is 0.114 e. The summed E-state index contributed by atoms with van der Waals surface area (Å²) in [6.45, 7) is 0. The third-order valence-electron chi connectivity index (χ3n) is 3.30. The van der Waals surface area contributed by atoms with Gasteiger partial charge >= 0.3 is 0 Å². The summed E-state index contributed by atoms with van der Waals surface area (Å²) in [7, 11) is 2.06. The summed E-state index contributed by atoms with van der Waals surface area (Å²) in [6, 6.07) is 12.4. The Morgan fingerprint density at radius 1 is 1.16 bits per heavy atom. The maximum Gasteiger partial charge on any atom is 0.114 e. The van der Waals surface area contributed by atoms with Crippen LogP contribution >= 0.6 is 15.9 Å². The number of hydrogen-bond donors (Lipinski definition) is 0. The molecule has 0 saturated heterocycles. The van der Waals surface area contributed by atoms with Gasteiger partial charge in [0.1, 0.15) is 11.3 Å². The van der Waals surface area contributed by atoms with Crippen molar-refractivity contribution in [3.8, 4) is 0 Å². The van der Waals surface area contributed by atoms with Crippen LogP contribution in [0.25, 0.3) is 11.0 Å². The molecule has 0 fully saturated rings. The van der Waals surface area contributed by atoms with Gasteiger partial charge < -0.3 is 4.57 Å². The summed E-state index contributed by atoms with van der Waals surface area (Å²) in [5.74, 6) is 1.07. The Labute approximate surface area is 120 Å². The van der Waals surface area contributed by atoms with Gasteiger partial charge in [0, 0.05) is 25.0 Å². The van der Waals surface area contributed by atoms with Crippen LogP contribution in [-0.2, 0) is 18.8 Å². The van der Waals surface area contributed by atoms with Crippen molar-refractivity contribution in [1.29, 1.82) is 0 Å². The lowest BCUT2D eigenvalue weighted by molar-refractivity contribution is 0.844. The van der Waals surface area contributed by atoms with Crippen molar-refractivity contribution in [3.63, 3.8) is 0 Å². The van der Waals surface area contributed by atoms with E-state index in [1.165, 1.54) is 5.56 Å². The first-order valence-electron chi connectivity index (χ1n) is 6.18. The lowest BCUT2D eigenvalue weighted by Gasteiger charge is -2.02. The van der Waals surface area contributed by atoms with E-state index in [0.717, 1.165) is 34.3 Å². The number of alkyl halides is 1. The number of hydrogen-bond acceptors (Lipinski definition) is 2. The lowest BCUT2D eigenvalue weighted by Crippen LogP contribution is -1.98. The monoisotopic (exact) mass is 315 g/mol. The molecule has 0 aliphatic carbocycles. The van der Waals surface area contributed by atoms with Gasteiger partial charge in [0.05, 0.1) is 11.2 Å². The molecule has 3 nitrogen and oxygen atoms in total. The first-order chi connectivity index (χ1) is 9.29. The Balaban J connectivity index is 2.08. The minimum Gasteiger partial charge on any atom is -0.331 e. The van der Waals surface area contributed by atoms with Crippen molar-refractivity contribution in [3.05, 3.63) is 59.7 Å². The highest BCUT2D eigenvalue weighted by atomic mass is 79.9. The zero-order valence-electron chi connectivity index (χ0n) is 10.7. The summed E-state index contributed by atoms with van der Waals surface area (Å²) in [6.07, 6.45) is 2.68. The predicted molar refractivity (Wildman–Crippen MR) is 80.4 cm³/mol. The van der Waals surface area contributed by atoms with Gasteiger partial charge in [0.15, 0.2) is 0 Å². The average Bonchev–Trinajstić information content (AvgIpc) is 2.77. The molecule has 0 aliphatic rings. The number of pyridine rings is 1. The zero-order valence-corrected chi connectivity index (χ0v) is 12.3. The van der Waals surface area contributed by atoms with Crippen molar-refractivity contribution < 1.29 is 0 Å². The van der Waals surface area contributed by atoms with Crippen LogP contribution in [0.5, 0.6) is 0 Å². The van der Waals surface area contributed by atoms with E-state index < -0.39 is 0 Å². The first-order valence-corrected chi connectivity index (χ1v) is 7.31. The molecule has 0 radical (unpaired) electrons. The fraction of sp³-hybridized carbons (Fsp3) is 0.200. The predicted octanol–water partition coefficient (Wildman–Crippen LogP) is 3.45. The molecular weight excluding hydrogens is 302 g/mol. The molecule has 0 bridgehead atoms. The number of imidazole rings is 1. The molecule has 0 N–H and O–H groups in total. The van der Waals surface area contributed by atoms with E-state index in [-0.39, 0.29) is 0 Å². The van der Waals surface area contributed by atoms with Crippen LogP contribution in [0.4, 0.5) is 0 Å². The summed E-state index contributed by atoms with van der Waals surface area (Å²) in [5, 5.41) is 0.728. The molecule has 0 aliphatic heterocycles. The highest BCUT2D eigenvalue weighted by Crippen LogP contribution is 2.20. The Kier molecular flexibility index (Phi) is 3.34. The van der Waals surface area contributed by atoms with Crippen LogP contribution in [0.2, 0.25) is 0 Å². The van der Waals surface area contributed by atoms with Crippen LogP contribution in [-0.4, -0.2) is 14.5 Å². The third kappa shape index (κ3) is 2.28. The molecule has 19 heavy (non-hydrogen) atoms. The van der Waals surface area contributed by atoms with E-state index in [1.54, 1.807) is 0 Å². The minimum absolute atomic E-state index is 0.728. The van der Waals surface area contributed by atoms with Gasteiger partial charge in [-0.15, -0.1) is 0 Å². The highest BCUT2D eigenvalue weighted by Gasteiger charge is 2.11. The van der Waals surface area contributed by atoms with Crippen LogP contribution < -0.4 is 0 Å². The van der Waals surface area contributed by atoms with Crippen molar-refractivity contribution in [2.45, 2.75) is 11.8 Å². The van der Waals surface area contributed by atoms with Gasteiger partial charge in [0.2, 0.25) is 0 Å². The second-order valence-electron chi connectivity index (χ2n) is 4.51. The maximum atomic E-state index is 4.75. The summed E-state index contributed by atoms with van der Waals surface area (Å²) < 4.78 is 2.15. The lowest BCUT2D eigenvalue weighted by atomic mass is 10.1. The molecule has 4 heteroatoms. The molecular formula is C15H14BrN3. The molecule has 2 aromatic heterocycles. The van der Waals surface area contributed by atoms with Crippen LogP contribution in [0.3, 0.4) is 0 Å². The standard InChI is InChI=1S/C15H14BrN3/c1-19-13-7-8-17-12(10-16)15(13)18-14(19)9-11-5-3-2-4-6-11/h2-8H,9-10H2,1H3. The summed E-state index contributed by atoms with van der Waals surface area (Å²) in [4.78, 5) is 9.11. The highest BCUT2D eigenvalue weighted by molar-refractivity contribution is 9.08. The Hall–Kier alpha value is -1.68. The second-order valence-corrected chi connectivity index (χ2v) is 5.07. The normalized spacial score (nSPS) is 11.1. The van der Waals surface area contributed by atoms with Gasteiger partial charge in [-0.2, -0.15) is 0 Å². The third-order valence-corrected chi connectivity index (χ3v) is 3.83. The molecule has 0 atom stereocenters. The molecule has 0 saturated carbocycles. The number of fused-ring (bicyclic) bond motifs is 1. The number of benzene rings is 1. The van der Waals surface area contributed by atoms with Gasteiger partial charge in [-0.25, -0.2) is 4.98 Å². The number of nitrogens with zero attached hydrogens (tertiary/aromatic N) is 3. The molecule has 0 spiro atoms. The Morgan fingerprint density at radius 2 is 1.95 bits per heavy atom. The number of aromatic nitrogens is 3. The zero-order chi connectivity index (χ0) is 13.2. The molecule has 1 aromatic carbocycles. The van der Waals surface area contributed by atoms with Crippen molar-refractivity contribution in [1.82, 2.24) is 14.5 Å². The van der Waals surface area contributed by atoms with Gasteiger partial charge in [-0.1, -0.05) is 46.3 Å². The fourth-order valence-corrected chi connectivity index (χ4v) is 2.67. The molecule has 0 amide bonds. The Morgan fingerprint density at radius 3 is 2.68 bits per heavy atom. The summed E-state index contributed by atoms with van der Waals surface area (Å²) in [5.41, 5.74) is 4.39. The van der Waals surface area contributed by atoms with E-state index in [9.17, 15) is 0 Å². The molecule has 2 heterocycles. The van der Waals surface area contributed by atoms with E-state index in [0.29, 0.717) is 0 Å². The SMILES string of the molecule is Cn1c(Cc2ccccc2)nc2c(CBr)nccc21.